The predicted molar refractivity (Wildman–Crippen MR) is 67.2 cm³/mol. The molecule has 16 heavy (non-hydrogen) atoms. The van der Waals surface area contributed by atoms with E-state index in [0.29, 0.717) is 13.2 Å². The largest absolute Gasteiger partial charge is 0.378 e. The van der Waals surface area contributed by atoms with Gasteiger partial charge in [0.05, 0.1) is 12.7 Å². The summed E-state index contributed by atoms with van der Waals surface area (Å²) in [5, 5.41) is 12.3. The molecule has 0 amide bonds. The molecule has 1 unspecified atom stereocenters. The molecule has 3 heteroatoms. The number of nitrogens with zero attached hydrogens (tertiary/aromatic N) is 1. The van der Waals surface area contributed by atoms with Crippen molar-refractivity contribution >= 4 is 0 Å². The molecule has 0 aromatic carbocycles. The third-order valence-corrected chi connectivity index (χ3v) is 2.24. The van der Waals surface area contributed by atoms with Gasteiger partial charge in [-0.1, -0.05) is 20.8 Å². The molecule has 94 valence electrons. The topological polar surface area (TPSA) is 45.0 Å². The van der Waals surface area contributed by atoms with Crippen molar-refractivity contribution in [1.29, 1.82) is 5.26 Å². The highest BCUT2D eigenvalue weighted by atomic mass is 16.5. The number of hydrogen-bond donors (Lipinski definition) is 1. The highest BCUT2D eigenvalue weighted by molar-refractivity contribution is 5.04. The van der Waals surface area contributed by atoms with Crippen LogP contribution in [0.2, 0.25) is 0 Å². The van der Waals surface area contributed by atoms with Gasteiger partial charge >= 0.3 is 0 Å². The Morgan fingerprint density at radius 2 is 1.81 bits per heavy atom. The SMILES string of the molecule is CC(C)NC(C)(C#N)COCCC(C)(C)C. The van der Waals surface area contributed by atoms with Gasteiger partial charge in [-0.3, -0.25) is 5.32 Å². The van der Waals surface area contributed by atoms with Gasteiger partial charge in [-0.05, 0) is 32.6 Å². The van der Waals surface area contributed by atoms with Crippen molar-refractivity contribution in [3.05, 3.63) is 0 Å². The van der Waals surface area contributed by atoms with Crippen molar-refractivity contribution < 1.29 is 4.74 Å². The van der Waals surface area contributed by atoms with E-state index >= 15 is 0 Å². The van der Waals surface area contributed by atoms with Crippen LogP contribution in [0.3, 0.4) is 0 Å². The minimum absolute atomic E-state index is 0.286. The Morgan fingerprint density at radius 3 is 2.19 bits per heavy atom. The van der Waals surface area contributed by atoms with Crippen molar-refractivity contribution in [2.75, 3.05) is 13.2 Å². The smallest absolute Gasteiger partial charge is 0.127 e. The Bertz CT molecular complexity index is 237. The number of nitriles is 1. The Morgan fingerprint density at radius 1 is 1.25 bits per heavy atom. The maximum absolute atomic E-state index is 9.10. The molecule has 0 aliphatic rings. The number of nitrogens with one attached hydrogen (secondary N) is 1. The molecule has 0 saturated heterocycles. The van der Waals surface area contributed by atoms with Gasteiger partial charge in [0.25, 0.3) is 0 Å². The van der Waals surface area contributed by atoms with E-state index in [1.54, 1.807) is 0 Å². The molecule has 0 radical (unpaired) electrons. The molecular weight excluding hydrogens is 200 g/mol. The van der Waals surface area contributed by atoms with Crippen LogP contribution < -0.4 is 5.32 Å². The fourth-order valence-corrected chi connectivity index (χ4v) is 1.40. The highest BCUT2D eigenvalue weighted by Gasteiger charge is 2.24. The van der Waals surface area contributed by atoms with Gasteiger partial charge in [0.2, 0.25) is 0 Å². The summed E-state index contributed by atoms with van der Waals surface area (Å²) in [6.45, 7) is 13.7. The van der Waals surface area contributed by atoms with Crippen LogP contribution in [0.15, 0.2) is 0 Å². The van der Waals surface area contributed by atoms with Crippen LogP contribution in [-0.4, -0.2) is 24.8 Å². The van der Waals surface area contributed by atoms with Crippen LogP contribution in [0.1, 0.15) is 48.0 Å². The van der Waals surface area contributed by atoms with Gasteiger partial charge in [-0.2, -0.15) is 5.26 Å². The molecule has 1 atom stereocenters. The van der Waals surface area contributed by atoms with E-state index in [9.17, 15) is 0 Å². The molecule has 0 heterocycles. The second kappa shape index (κ2) is 6.22. The zero-order valence-electron chi connectivity index (χ0n) is 11.6. The molecule has 0 aromatic heterocycles. The summed E-state index contributed by atoms with van der Waals surface area (Å²) in [5.41, 5.74) is -0.291. The van der Waals surface area contributed by atoms with E-state index in [1.807, 2.05) is 20.8 Å². The zero-order chi connectivity index (χ0) is 12.8. The molecule has 3 nitrogen and oxygen atoms in total. The predicted octanol–water partition coefficient (Wildman–Crippen LogP) is 2.72. The van der Waals surface area contributed by atoms with Crippen LogP contribution in [0.25, 0.3) is 0 Å². The van der Waals surface area contributed by atoms with Gasteiger partial charge in [0, 0.05) is 12.6 Å². The van der Waals surface area contributed by atoms with Crippen LogP contribution in [0.5, 0.6) is 0 Å². The lowest BCUT2D eigenvalue weighted by atomic mass is 9.93. The van der Waals surface area contributed by atoms with Crippen LogP contribution in [0, 0.1) is 16.7 Å². The molecular formula is C13H26N2O. The molecule has 0 aliphatic heterocycles. The highest BCUT2D eigenvalue weighted by Crippen LogP contribution is 2.18. The molecule has 0 spiro atoms. The van der Waals surface area contributed by atoms with Gasteiger partial charge in [0.15, 0.2) is 0 Å². The Kier molecular flexibility index (Phi) is 5.99. The summed E-state index contributed by atoms with van der Waals surface area (Å²) in [6, 6.07) is 2.56. The summed E-state index contributed by atoms with van der Waals surface area (Å²) in [5.74, 6) is 0. The summed E-state index contributed by atoms with van der Waals surface area (Å²) in [4.78, 5) is 0. The maximum atomic E-state index is 9.10. The Balaban J connectivity index is 3.93. The molecule has 0 fully saturated rings. The lowest BCUT2D eigenvalue weighted by Gasteiger charge is -2.26. The third-order valence-electron chi connectivity index (χ3n) is 2.24. The number of rotatable bonds is 6. The molecule has 1 N–H and O–H groups in total. The monoisotopic (exact) mass is 226 g/mol. The minimum atomic E-state index is -0.577. The van der Waals surface area contributed by atoms with E-state index in [0.717, 1.165) is 6.42 Å². The van der Waals surface area contributed by atoms with Crippen molar-refractivity contribution in [3.63, 3.8) is 0 Å². The molecule has 0 aromatic rings. The van der Waals surface area contributed by atoms with E-state index in [4.69, 9.17) is 10.00 Å². The third kappa shape index (κ3) is 7.67. The van der Waals surface area contributed by atoms with Crippen molar-refractivity contribution in [1.82, 2.24) is 5.32 Å². The van der Waals surface area contributed by atoms with Crippen LogP contribution in [-0.2, 0) is 4.74 Å². The quantitative estimate of drug-likeness (QED) is 0.708. The molecule has 0 saturated carbocycles. The summed E-state index contributed by atoms with van der Waals surface area (Å²) in [6.07, 6.45) is 1.01. The van der Waals surface area contributed by atoms with Gasteiger partial charge < -0.3 is 4.74 Å². The standard InChI is InChI=1S/C13H26N2O/c1-11(2)15-13(6,9-14)10-16-8-7-12(3,4)5/h11,15H,7-8,10H2,1-6H3. The summed E-state index contributed by atoms with van der Waals surface area (Å²) >= 11 is 0. The lowest BCUT2D eigenvalue weighted by Crippen LogP contribution is -2.48. The average molecular weight is 226 g/mol. The lowest BCUT2D eigenvalue weighted by molar-refractivity contribution is 0.0741. The van der Waals surface area contributed by atoms with E-state index < -0.39 is 5.54 Å². The second-order valence-electron chi connectivity index (χ2n) is 6.11. The normalized spacial score (nSPS) is 15.9. The van der Waals surface area contributed by atoms with Crippen molar-refractivity contribution in [2.24, 2.45) is 5.41 Å². The van der Waals surface area contributed by atoms with Gasteiger partial charge in [-0.25, -0.2) is 0 Å². The first-order valence-electron chi connectivity index (χ1n) is 5.95. The molecule has 0 bridgehead atoms. The zero-order valence-corrected chi connectivity index (χ0v) is 11.6. The maximum Gasteiger partial charge on any atom is 0.127 e. The Labute approximate surface area is 100 Å². The first kappa shape index (κ1) is 15.4. The second-order valence-corrected chi connectivity index (χ2v) is 6.11. The first-order valence-corrected chi connectivity index (χ1v) is 5.95. The number of hydrogen-bond acceptors (Lipinski definition) is 3. The van der Waals surface area contributed by atoms with Crippen molar-refractivity contribution in [2.45, 2.75) is 59.5 Å². The van der Waals surface area contributed by atoms with Crippen molar-refractivity contribution in [3.8, 4) is 6.07 Å². The van der Waals surface area contributed by atoms with E-state index in [-0.39, 0.29) is 11.5 Å². The molecule has 0 aliphatic carbocycles. The summed E-state index contributed by atoms with van der Waals surface area (Å²) < 4.78 is 5.58. The average Bonchev–Trinajstić information content (AvgIpc) is 2.10. The van der Waals surface area contributed by atoms with Crippen LogP contribution in [0.4, 0.5) is 0 Å². The fourth-order valence-electron chi connectivity index (χ4n) is 1.40. The van der Waals surface area contributed by atoms with E-state index in [1.165, 1.54) is 0 Å². The number of ether oxygens (including phenoxy) is 1. The minimum Gasteiger partial charge on any atom is -0.378 e. The first-order chi connectivity index (χ1) is 7.18. The summed E-state index contributed by atoms with van der Waals surface area (Å²) in [7, 11) is 0. The van der Waals surface area contributed by atoms with Gasteiger partial charge in [0.1, 0.15) is 5.54 Å². The Hall–Kier alpha value is -0.590. The fraction of sp³-hybridized carbons (Fsp3) is 0.923. The van der Waals surface area contributed by atoms with E-state index in [2.05, 4.69) is 32.2 Å². The van der Waals surface area contributed by atoms with Crippen LogP contribution >= 0.6 is 0 Å². The molecule has 0 rings (SSSR count). The van der Waals surface area contributed by atoms with Gasteiger partial charge in [-0.15, -0.1) is 0 Å².